The normalized spacial score (nSPS) is 14.1. The topological polar surface area (TPSA) is 0 Å². The molecule has 0 nitrogen and oxygen atoms in total. The first-order valence-corrected chi connectivity index (χ1v) is 6.22. The maximum Gasteiger partial charge on any atom is 0.0351 e. The summed E-state index contributed by atoms with van der Waals surface area (Å²) in [7, 11) is 0. The van der Waals surface area contributed by atoms with Crippen molar-refractivity contribution in [3.63, 3.8) is 0 Å². The molecule has 1 aliphatic rings. The summed E-state index contributed by atoms with van der Waals surface area (Å²) in [5, 5.41) is 6.65. The van der Waals surface area contributed by atoms with Gasteiger partial charge in [-0.25, -0.2) is 0 Å². The summed E-state index contributed by atoms with van der Waals surface area (Å²) >= 11 is 1.85. The van der Waals surface area contributed by atoms with Crippen LogP contribution in [-0.2, 0) is 12.8 Å². The Hall–Kier alpha value is -1.34. The van der Waals surface area contributed by atoms with Crippen LogP contribution in [0, 0.1) is 0 Å². The molecule has 0 saturated carbocycles. The molecule has 1 aliphatic carbocycles. The lowest BCUT2D eigenvalue weighted by Crippen LogP contribution is -1.79. The van der Waals surface area contributed by atoms with Gasteiger partial charge in [-0.05, 0) is 57.6 Å². The van der Waals surface area contributed by atoms with E-state index in [0.29, 0.717) is 0 Å². The summed E-state index contributed by atoms with van der Waals surface area (Å²) < 4.78 is 1.44. The molecule has 0 amide bonds. The number of thiophene rings is 1. The van der Waals surface area contributed by atoms with Gasteiger partial charge in [0.1, 0.15) is 0 Å². The van der Waals surface area contributed by atoms with Crippen molar-refractivity contribution in [3.8, 4) is 0 Å². The highest BCUT2D eigenvalue weighted by Crippen LogP contribution is 2.38. The van der Waals surface area contributed by atoms with Crippen molar-refractivity contribution in [2.75, 3.05) is 0 Å². The third-order valence-electron chi connectivity index (χ3n) is 3.44. The molecule has 0 N–H and O–H groups in total. The smallest absolute Gasteiger partial charge is 0.0351 e. The van der Waals surface area contributed by atoms with Crippen LogP contribution >= 0.6 is 11.3 Å². The average Bonchev–Trinajstić information content (AvgIpc) is 2.85. The zero-order valence-corrected chi connectivity index (χ0v) is 9.10. The molecule has 1 heteroatoms. The molecule has 1 heterocycles. The van der Waals surface area contributed by atoms with Crippen molar-refractivity contribution >= 4 is 32.2 Å². The quantitative estimate of drug-likeness (QED) is 0.523. The van der Waals surface area contributed by atoms with Gasteiger partial charge in [0.05, 0.1) is 0 Å². The lowest BCUT2D eigenvalue weighted by molar-refractivity contribution is 1.03. The van der Waals surface area contributed by atoms with Gasteiger partial charge in [-0.15, -0.1) is 11.3 Å². The van der Waals surface area contributed by atoms with Gasteiger partial charge in [-0.2, -0.15) is 0 Å². The highest BCUT2D eigenvalue weighted by Gasteiger charge is 2.16. The minimum Gasteiger partial charge on any atom is -0.144 e. The van der Waals surface area contributed by atoms with E-state index in [1.54, 1.807) is 5.56 Å². The summed E-state index contributed by atoms with van der Waals surface area (Å²) in [6.07, 6.45) is 2.45. The minimum atomic E-state index is 1.22. The van der Waals surface area contributed by atoms with E-state index in [-0.39, 0.29) is 0 Å². The molecule has 0 fully saturated rings. The van der Waals surface area contributed by atoms with Crippen LogP contribution in [0.2, 0.25) is 0 Å². The van der Waals surface area contributed by atoms with E-state index in [0.717, 1.165) is 0 Å². The van der Waals surface area contributed by atoms with E-state index >= 15 is 0 Å². The third-order valence-corrected chi connectivity index (χ3v) is 4.30. The van der Waals surface area contributed by atoms with Gasteiger partial charge in [-0.3, -0.25) is 0 Å². The number of rotatable bonds is 0. The summed E-state index contributed by atoms with van der Waals surface area (Å²) in [5.41, 5.74) is 3.12. The molecular formula is C14H10S. The Balaban J connectivity index is 2.37. The summed E-state index contributed by atoms with van der Waals surface area (Å²) in [6, 6.07) is 11.3. The number of aryl methyl sites for hydroxylation is 2. The molecule has 4 rings (SSSR count). The van der Waals surface area contributed by atoms with Gasteiger partial charge < -0.3 is 0 Å². The fourth-order valence-electron chi connectivity index (χ4n) is 2.79. The number of hydrogen-bond donors (Lipinski definition) is 0. The second-order valence-electron chi connectivity index (χ2n) is 4.20. The minimum absolute atomic E-state index is 1.22. The van der Waals surface area contributed by atoms with Crippen LogP contribution in [0.1, 0.15) is 11.1 Å². The summed E-state index contributed by atoms with van der Waals surface area (Å²) in [5.74, 6) is 0. The first kappa shape index (κ1) is 7.89. The van der Waals surface area contributed by atoms with Gasteiger partial charge in [-0.1, -0.05) is 18.2 Å². The maximum absolute atomic E-state index is 2.34. The molecule has 0 unspecified atom stereocenters. The van der Waals surface area contributed by atoms with Crippen LogP contribution in [0.25, 0.3) is 20.9 Å². The molecule has 2 aromatic carbocycles. The summed E-state index contributed by atoms with van der Waals surface area (Å²) in [6.45, 7) is 0. The Kier molecular flexibility index (Phi) is 1.37. The average molecular weight is 210 g/mol. The fourth-order valence-corrected chi connectivity index (χ4v) is 3.66. The molecule has 0 bridgehead atoms. The molecule has 0 spiro atoms. The number of benzene rings is 2. The van der Waals surface area contributed by atoms with Gasteiger partial charge in [0.25, 0.3) is 0 Å². The highest BCUT2D eigenvalue weighted by atomic mass is 32.1. The zero-order valence-electron chi connectivity index (χ0n) is 8.29. The van der Waals surface area contributed by atoms with Gasteiger partial charge in [0.15, 0.2) is 0 Å². The lowest BCUT2D eigenvalue weighted by Gasteiger charge is -2.02. The van der Waals surface area contributed by atoms with E-state index in [1.807, 2.05) is 11.3 Å². The monoisotopic (exact) mass is 210 g/mol. The Morgan fingerprint density at radius 1 is 1.07 bits per heavy atom. The molecule has 0 saturated heterocycles. The lowest BCUT2D eigenvalue weighted by atomic mass is 10.0. The van der Waals surface area contributed by atoms with Crippen molar-refractivity contribution < 1.29 is 0 Å². The Labute approximate surface area is 92.2 Å². The molecule has 0 atom stereocenters. The maximum atomic E-state index is 2.34. The molecular weight excluding hydrogens is 200 g/mol. The molecule has 3 aromatic rings. The molecule has 0 aliphatic heterocycles. The second kappa shape index (κ2) is 2.61. The van der Waals surface area contributed by atoms with Crippen molar-refractivity contribution in [1.82, 2.24) is 0 Å². The first-order chi connectivity index (χ1) is 7.43. The third kappa shape index (κ3) is 0.915. The van der Waals surface area contributed by atoms with Crippen LogP contribution < -0.4 is 0 Å². The van der Waals surface area contributed by atoms with Crippen LogP contribution in [0.3, 0.4) is 0 Å². The van der Waals surface area contributed by atoms with Crippen LogP contribution in [0.15, 0.2) is 35.7 Å². The van der Waals surface area contributed by atoms with E-state index < -0.39 is 0 Å². The standard InChI is InChI=1S/C14H10S/c1-2-9-4-5-12-11-6-7-15-13(11)8-10(3-1)14(9)12/h1-3,6-8H,4-5H2. The van der Waals surface area contributed by atoms with Crippen molar-refractivity contribution in [2.24, 2.45) is 0 Å². The summed E-state index contributed by atoms with van der Waals surface area (Å²) in [4.78, 5) is 0. The zero-order chi connectivity index (χ0) is 9.83. The fraction of sp³-hybridized carbons (Fsp3) is 0.143. The van der Waals surface area contributed by atoms with E-state index in [9.17, 15) is 0 Å². The highest BCUT2D eigenvalue weighted by molar-refractivity contribution is 7.17. The Bertz CT molecular complexity index is 676. The van der Waals surface area contributed by atoms with Crippen molar-refractivity contribution in [1.29, 1.82) is 0 Å². The van der Waals surface area contributed by atoms with E-state index in [4.69, 9.17) is 0 Å². The molecule has 1 aromatic heterocycles. The molecule has 15 heavy (non-hydrogen) atoms. The Morgan fingerprint density at radius 2 is 2.07 bits per heavy atom. The van der Waals surface area contributed by atoms with E-state index in [2.05, 4.69) is 35.7 Å². The SMILES string of the molecule is c1cc2c3c(c4ccsc4cc3c1)CC2. The van der Waals surface area contributed by atoms with Crippen molar-refractivity contribution in [3.05, 3.63) is 46.8 Å². The number of hydrogen-bond acceptors (Lipinski definition) is 1. The largest absolute Gasteiger partial charge is 0.144 e. The molecule has 0 radical (unpaired) electrons. The predicted molar refractivity (Wildman–Crippen MR) is 66.7 cm³/mol. The Morgan fingerprint density at radius 3 is 3.07 bits per heavy atom. The number of fused-ring (bicyclic) bond motifs is 2. The van der Waals surface area contributed by atoms with Crippen LogP contribution in [-0.4, -0.2) is 0 Å². The predicted octanol–water partition coefficient (Wildman–Crippen LogP) is 4.15. The second-order valence-corrected chi connectivity index (χ2v) is 5.15. The van der Waals surface area contributed by atoms with Crippen LogP contribution in [0.4, 0.5) is 0 Å². The van der Waals surface area contributed by atoms with E-state index in [1.165, 1.54) is 39.3 Å². The van der Waals surface area contributed by atoms with Crippen LogP contribution in [0.5, 0.6) is 0 Å². The van der Waals surface area contributed by atoms with Gasteiger partial charge >= 0.3 is 0 Å². The van der Waals surface area contributed by atoms with Gasteiger partial charge in [0.2, 0.25) is 0 Å². The van der Waals surface area contributed by atoms with Gasteiger partial charge in [0, 0.05) is 4.70 Å². The van der Waals surface area contributed by atoms with Crippen molar-refractivity contribution in [2.45, 2.75) is 12.8 Å². The molecule has 72 valence electrons. The first-order valence-electron chi connectivity index (χ1n) is 5.34.